The van der Waals surface area contributed by atoms with Crippen molar-refractivity contribution in [1.29, 1.82) is 0 Å². The molecule has 0 spiro atoms. The summed E-state index contributed by atoms with van der Waals surface area (Å²) in [5.74, 6) is 0.776. The lowest BCUT2D eigenvalue weighted by Crippen LogP contribution is -2.08. The quantitative estimate of drug-likeness (QED) is 0.777. The maximum atomic E-state index is 5.87. The summed E-state index contributed by atoms with van der Waals surface area (Å²) >= 11 is 9.27. The number of imidazole rings is 1. The number of aromatic nitrogens is 3. The molecule has 0 atom stereocenters. The van der Waals surface area contributed by atoms with Gasteiger partial charge >= 0.3 is 0 Å². The molecule has 0 radical (unpaired) electrons. The summed E-state index contributed by atoms with van der Waals surface area (Å²) in [6.45, 7) is 0.785. The van der Waals surface area contributed by atoms with Crippen LogP contribution in [0.15, 0.2) is 47.5 Å². The first-order chi connectivity index (χ1) is 9.72. The van der Waals surface area contributed by atoms with Crippen molar-refractivity contribution in [2.75, 3.05) is 11.9 Å². The van der Waals surface area contributed by atoms with E-state index in [2.05, 4.69) is 31.2 Å². The first-order valence-corrected chi connectivity index (χ1v) is 7.37. The molecule has 1 N–H and O–H groups in total. The molecule has 3 aromatic rings. The minimum Gasteiger partial charge on any atom is -0.367 e. The predicted molar refractivity (Wildman–Crippen MR) is 84.3 cm³/mol. The molecule has 0 unspecified atom stereocenters. The summed E-state index contributed by atoms with van der Waals surface area (Å²) in [4.78, 5) is 8.72. The molecule has 20 heavy (non-hydrogen) atoms. The SMILES string of the molecule is Clc1ccc(CCNc2nc(Br)cn3ccnc23)cc1. The Morgan fingerprint density at radius 2 is 2.05 bits per heavy atom. The first-order valence-electron chi connectivity index (χ1n) is 6.20. The Labute approximate surface area is 129 Å². The van der Waals surface area contributed by atoms with Crippen LogP contribution in [0.5, 0.6) is 0 Å². The van der Waals surface area contributed by atoms with E-state index in [0.29, 0.717) is 0 Å². The van der Waals surface area contributed by atoms with Crippen molar-refractivity contribution < 1.29 is 0 Å². The Balaban J connectivity index is 1.70. The molecular weight excluding hydrogens is 340 g/mol. The number of benzene rings is 1. The smallest absolute Gasteiger partial charge is 0.180 e. The van der Waals surface area contributed by atoms with Gasteiger partial charge in [0, 0.05) is 30.2 Å². The van der Waals surface area contributed by atoms with Crippen LogP contribution in [0.2, 0.25) is 5.02 Å². The standard InChI is InChI=1S/C14H12BrClN4/c15-12-9-20-8-7-18-14(20)13(19-12)17-6-5-10-1-3-11(16)4-2-10/h1-4,7-9H,5-6H2,(H,17,19). The van der Waals surface area contributed by atoms with Crippen molar-refractivity contribution in [3.05, 3.63) is 58.0 Å². The number of fused-ring (bicyclic) bond motifs is 1. The second kappa shape index (κ2) is 5.81. The number of nitrogens with one attached hydrogen (secondary N) is 1. The van der Waals surface area contributed by atoms with Crippen molar-refractivity contribution in [3.8, 4) is 0 Å². The molecule has 1 aromatic carbocycles. The van der Waals surface area contributed by atoms with Crippen LogP contribution in [0.4, 0.5) is 5.82 Å². The summed E-state index contributed by atoms with van der Waals surface area (Å²) in [7, 11) is 0. The van der Waals surface area contributed by atoms with Gasteiger partial charge in [0.15, 0.2) is 11.5 Å². The lowest BCUT2D eigenvalue weighted by Gasteiger charge is -2.07. The van der Waals surface area contributed by atoms with E-state index in [-0.39, 0.29) is 0 Å². The van der Waals surface area contributed by atoms with Crippen LogP contribution in [0.1, 0.15) is 5.56 Å². The monoisotopic (exact) mass is 350 g/mol. The van der Waals surface area contributed by atoms with E-state index in [1.165, 1.54) is 5.56 Å². The van der Waals surface area contributed by atoms with Gasteiger partial charge in [0.05, 0.1) is 0 Å². The average Bonchev–Trinajstić information content (AvgIpc) is 2.89. The van der Waals surface area contributed by atoms with Crippen LogP contribution in [-0.4, -0.2) is 20.9 Å². The molecule has 0 saturated heterocycles. The Morgan fingerprint density at radius 1 is 1.25 bits per heavy atom. The Hall–Kier alpha value is -1.59. The second-order valence-electron chi connectivity index (χ2n) is 4.37. The third-order valence-electron chi connectivity index (χ3n) is 2.96. The van der Waals surface area contributed by atoms with Gasteiger partial charge in [0.25, 0.3) is 0 Å². The number of hydrogen-bond acceptors (Lipinski definition) is 3. The van der Waals surface area contributed by atoms with E-state index >= 15 is 0 Å². The second-order valence-corrected chi connectivity index (χ2v) is 5.62. The lowest BCUT2D eigenvalue weighted by molar-refractivity contribution is 0.993. The van der Waals surface area contributed by atoms with Crippen LogP contribution in [0.25, 0.3) is 5.65 Å². The van der Waals surface area contributed by atoms with Crippen LogP contribution in [-0.2, 0) is 6.42 Å². The first kappa shape index (κ1) is 13.4. The summed E-state index contributed by atoms with van der Waals surface area (Å²) in [5.41, 5.74) is 2.06. The zero-order valence-corrected chi connectivity index (χ0v) is 12.9. The van der Waals surface area contributed by atoms with Crippen LogP contribution >= 0.6 is 27.5 Å². The third-order valence-corrected chi connectivity index (χ3v) is 3.60. The fourth-order valence-corrected chi connectivity index (χ4v) is 2.52. The molecule has 102 valence electrons. The number of halogens is 2. The average molecular weight is 352 g/mol. The molecule has 0 bridgehead atoms. The van der Waals surface area contributed by atoms with E-state index in [1.807, 2.05) is 41.1 Å². The predicted octanol–water partition coefficient (Wildman–Crippen LogP) is 3.80. The van der Waals surface area contributed by atoms with Crippen molar-refractivity contribution in [3.63, 3.8) is 0 Å². The third kappa shape index (κ3) is 2.94. The van der Waals surface area contributed by atoms with E-state index in [9.17, 15) is 0 Å². The highest BCUT2D eigenvalue weighted by molar-refractivity contribution is 9.10. The molecule has 0 aliphatic heterocycles. The van der Waals surface area contributed by atoms with Crippen LogP contribution in [0, 0.1) is 0 Å². The van der Waals surface area contributed by atoms with Crippen LogP contribution in [0.3, 0.4) is 0 Å². The van der Waals surface area contributed by atoms with Gasteiger partial charge in [-0.25, -0.2) is 9.97 Å². The molecule has 3 rings (SSSR count). The van der Waals surface area contributed by atoms with Gasteiger partial charge < -0.3 is 9.72 Å². The van der Waals surface area contributed by atoms with Crippen molar-refractivity contribution in [2.45, 2.75) is 6.42 Å². The maximum absolute atomic E-state index is 5.87. The molecule has 2 heterocycles. The van der Waals surface area contributed by atoms with Gasteiger partial charge in [-0.1, -0.05) is 23.7 Å². The van der Waals surface area contributed by atoms with E-state index in [0.717, 1.165) is 34.1 Å². The van der Waals surface area contributed by atoms with E-state index < -0.39 is 0 Å². The number of hydrogen-bond donors (Lipinski definition) is 1. The number of nitrogens with zero attached hydrogens (tertiary/aromatic N) is 3. The lowest BCUT2D eigenvalue weighted by atomic mass is 10.1. The van der Waals surface area contributed by atoms with Crippen molar-refractivity contribution in [2.24, 2.45) is 0 Å². The Bertz CT molecular complexity index is 724. The van der Waals surface area contributed by atoms with Crippen molar-refractivity contribution in [1.82, 2.24) is 14.4 Å². The van der Waals surface area contributed by atoms with Gasteiger partial charge in [0.2, 0.25) is 0 Å². The summed E-state index contributed by atoms with van der Waals surface area (Å²) in [6.07, 6.45) is 6.44. The van der Waals surface area contributed by atoms with Gasteiger partial charge in [-0.15, -0.1) is 0 Å². The normalized spacial score (nSPS) is 10.9. The largest absolute Gasteiger partial charge is 0.367 e. The minimum atomic E-state index is 0.759. The fourth-order valence-electron chi connectivity index (χ4n) is 2.00. The maximum Gasteiger partial charge on any atom is 0.180 e. The minimum absolute atomic E-state index is 0.759. The van der Waals surface area contributed by atoms with Crippen molar-refractivity contribution >= 4 is 39.0 Å². The summed E-state index contributed by atoms with van der Waals surface area (Å²) in [5, 5.41) is 4.08. The van der Waals surface area contributed by atoms with Gasteiger partial charge in [-0.2, -0.15) is 0 Å². The van der Waals surface area contributed by atoms with E-state index in [4.69, 9.17) is 11.6 Å². The molecule has 0 saturated carbocycles. The zero-order chi connectivity index (χ0) is 13.9. The van der Waals surface area contributed by atoms with Gasteiger partial charge in [-0.3, -0.25) is 0 Å². The van der Waals surface area contributed by atoms with E-state index in [1.54, 1.807) is 6.20 Å². The zero-order valence-electron chi connectivity index (χ0n) is 10.6. The highest BCUT2D eigenvalue weighted by Crippen LogP contribution is 2.17. The molecule has 2 aromatic heterocycles. The van der Waals surface area contributed by atoms with Gasteiger partial charge in [-0.05, 0) is 40.0 Å². The Morgan fingerprint density at radius 3 is 2.85 bits per heavy atom. The highest BCUT2D eigenvalue weighted by atomic mass is 79.9. The molecule has 0 aliphatic carbocycles. The number of anilines is 1. The molecule has 0 amide bonds. The summed E-state index contributed by atoms with van der Waals surface area (Å²) in [6, 6.07) is 7.87. The fraction of sp³-hybridized carbons (Fsp3) is 0.143. The molecule has 4 nitrogen and oxygen atoms in total. The molecule has 0 fully saturated rings. The molecular formula is C14H12BrClN4. The number of rotatable bonds is 4. The molecule has 6 heteroatoms. The topological polar surface area (TPSA) is 42.2 Å². The highest BCUT2D eigenvalue weighted by Gasteiger charge is 2.05. The Kier molecular flexibility index (Phi) is 3.89. The summed E-state index contributed by atoms with van der Waals surface area (Å²) < 4.78 is 2.71. The van der Waals surface area contributed by atoms with Gasteiger partial charge in [0.1, 0.15) is 4.60 Å². The van der Waals surface area contributed by atoms with Crippen LogP contribution < -0.4 is 5.32 Å². The molecule has 0 aliphatic rings.